The SMILES string of the molecule is COc1ccc(CCn2c(O)c(C=Nc3ccccc3C)c(C)c(C#N)c2=O)cc1OC. The Morgan fingerprint density at radius 2 is 1.84 bits per heavy atom. The van der Waals surface area contributed by atoms with Crippen molar-refractivity contribution in [2.75, 3.05) is 14.2 Å². The van der Waals surface area contributed by atoms with Gasteiger partial charge in [-0.1, -0.05) is 24.3 Å². The van der Waals surface area contributed by atoms with Gasteiger partial charge in [0.15, 0.2) is 11.5 Å². The third-order valence-corrected chi connectivity index (χ3v) is 5.37. The fourth-order valence-corrected chi connectivity index (χ4v) is 3.45. The molecule has 7 nitrogen and oxygen atoms in total. The summed E-state index contributed by atoms with van der Waals surface area (Å²) in [4.78, 5) is 17.3. The first-order valence-electron chi connectivity index (χ1n) is 10.1. The molecule has 1 N–H and O–H groups in total. The number of para-hydroxylation sites is 1. The van der Waals surface area contributed by atoms with Gasteiger partial charge < -0.3 is 14.6 Å². The van der Waals surface area contributed by atoms with E-state index < -0.39 is 5.56 Å². The topological polar surface area (TPSA) is 96.8 Å². The number of methoxy groups -OCH3 is 2. The van der Waals surface area contributed by atoms with Crippen LogP contribution in [-0.4, -0.2) is 30.1 Å². The minimum Gasteiger partial charge on any atom is -0.494 e. The van der Waals surface area contributed by atoms with Crippen LogP contribution in [-0.2, 0) is 13.0 Å². The molecule has 0 atom stereocenters. The fourth-order valence-electron chi connectivity index (χ4n) is 3.45. The number of hydrogen-bond acceptors (Lipinski definition) is 6. The zero-order chi connectivity index (χ0) is 23.3. The van der Waals surface area contributed by atoms with Crippen molar-refractivity contribution < 1.29 is 14.6 Å². The Balaban J connectivity index is 2.00. The van der Waals surface area contributed by atoms with Gasteiger partial charge in [-0.3, -0.25) is 14.4 Å². The molecular weight excluding hydrogens is 406 g/mol. The van der Waals surface area contributed by atoms with Crippen LogP contribution in [0, 0.1) is 25.2 Å². The van der Waals surface area contributed by atoms with E-state index in [-0.39, 0.29) is 18.0 Å². The van der Waals surface area contributed by atoms with Crippen molar-refractivity contribution in [1.82, 2.24) is 4.57 Å². The van der Waals surface area contributed by atoms with Crippen molar-refractivity contribution in [1.29, 1.82) is 5.26 Å². The predicted octanol–water partition coefficient (Wildman–Crippen LogP) is 4.05. The Kier molecular flexibility index (Phi) is 6.96. The average molecular weight is 431 g/mol. The molecule has 7 heteroatoms. The summed E-state index contributed by atoms with van der Waals surface area (Å²) < 4.78 is 11.8. The first-order chi connectivity index (χ1) is 15.4. The van der Waals surface area contributed by atoms with E-state index in [1.807, 2.05) is 49.4 Å². The Morgan fingerprint density at radius 3 is 2.50 bits per heavy atom. The number of ether oxygens (including phenoxy) is 2. The molecule has 0 radical (unpaired) electrons. The van der Waals surface area contributed by atoms with E-state index in [0.29, 0.717) is 29.0 Å². The number of pyridine rings is 1. The molecule has 3 rings (SSSR count). The number of hydrogen-bond donors (Lipinski definition) is 1. The van der Waals surface area contributed by atoms with Crippen molar-refractivity contribution in [2.45, 2.75) is 26.8 Å². The number of nitriles is 1. The first-order valence-corrected chi connectivity index (χ1v) is 10.1. The van der Waals surface area contributed by atoms with Gasteiger partial charge >= 0.3 is 0 Å². The Labute approximate surface area is 186 Å². The standard InChI is InChI=1S/C25H25N3O4/c1-16-7-5-6-8-21(16)27-15-20-17(2)19(14-26)24(29)28(25(20)30)12-11-18-9-10-22(31-3)23(13-18)32-4/h5-10,13,15,30H,11-12H2,1-4H3. The third-order valence-electron chi connectivity index (χ3n) is 5.37. The van der Waals surface area contributed by atoms with Gasteiger partial charge in [-0.25, -0.2) is 0 Å². The van der Waals surface area contributed by atoms with E-state index >= 15 is 0 Å². The molecule has 0 saturated heterocycles. The Bertz CT molecular complexity index is 1270. The molecule has 0 fully saturated rings. The van der Waals surface area contributed by atoms with Gasteiger partial charge in [0.2, 0.25) is 5.88 Å². The lowest BCUT2D eigenvalue weighted by atomic mass is 10.1. The molecule has 2 aromatic carbocycles. The molecule has 3 aromatic rings. The second-order valence-corrected chi connectivity index (χ2v) is 7.29. The Hall–Kier alpha value is -4.05. The number of aromatic nitrogens is 1. The van der Waals surface area contributed by atoms with Crippen LogP contribution in [0.15, 0.2) is 52.3 Å². The molecule has 0 aliphatic carbocycles. The molecule has 1 heterocycles. The highest BCUT2D eigenvalue weighted by atomic mass is 16.5. The lowest BCUT2D eigenvalue weighted by Crippen LogP contribution is -2.26. The number of aryl methyl sites for hydroxylation is 2. The molecular formula is C25H25N3O4. The van der Waals surface area contributed by atoms with E-state index in [0.717, 1.165) is 16.8 Å². The van der Waals surface area contributed by atoms with Crippen molar-refractivity contribution in [3.8, 4) is 23.4 Å². The van der Waals surface area contributed by atoms with Crippen LogP contribution >= 0.6 is 0 Å². The third kappa shape index (κ3) is 4.49. The monoisotopic (exact) mass is 431 g/mol. The highest BCUT2D eigenvalue weighted by Gasteiger charge is 2.18. The summed E-state index contributed by atoms with van der Waals surface area (Å²) in [7, 11) is 3.11. The normalized spacial score (nSPS) is 10.8. The van der Waals surface area contributed by atoms with Gasteiger partial charge in [0.25, 0.3) is 5.56 Å². The highest BCUT2D eigenvalue weighted by molar-refractivity contribution is 5.87. The summed E-state index contributed by atoms with van der Waals surface area (Å²) in [6.45, 7) is 3.75. The van der Waals surface area contributed by atoms with Gasteiger partial charge in [-0.15, -0.1) is 0 Å². The lowest BCUT2D eigenvalue weighted by molar-refractivity contribution is 0.354. The number of aliphatic imine (C=N–C) groups is 1. The number of aromatic hydroxyl groups is 1. The first kappa shape index (κ1) is 22.6. The predicted molar refractivity (Wildman–Crippen MR) is 124 cm³/mol. The summed E-state index contributed by atoms with van der Waals surface area (Å²) in [5, 5.41) is 20.5. The van der Waals surface area contributed by atoms with E-state index in [1.165, 1.54) is 10.8 Å². The maximum Gasteiger partial charge on any atom is 0.271 e. The molecule has 0 aliphatic rings. The maximum absolute atomic E-state index is 12.9. The Morgan fingerprint density at radius 1 is 1.12 bits per heavy atom. The van der Waals surface area contributed by atoms with Crippen LogP contribution in [0.4, 0.5) is 5.69 Å². The summed E-state index contributed by atoms with van der Waals surface area (Å²) in [6, 6.07) is 15.0. The van der Waals surface area contributed by atoms with E-state index in [4.69, 9.17) is 9.47 Å². The summed E-state index contributed by atoms with van der Waals surface area (Å²) >= 11 is 0. The van der Waals surface area contributed by atoms with Crippen LogP contribution in [0.5, 0.6) is 17.4 Å². The number of benzene rings is 2. The highest BCUT2D eigenvalue weighted by Crippen LogP contribution is 2.28. The molecule has 0 aliphatic heterocycles. The molecule has 0 saturated carbocycles. The fraction of sp³-hybridized carbons (Fsp3) is 0.240. The maximum atomic E-state index is 12.9. The van der Waals surface area contributed by atoms with Gasteiger partial charge in [0.1, 0.15) is 11.6 Å². The zero-order valence-corrected chi connectivity index (χ0v) is 18.5. The van der Waals surface area contributed by atoms with E-state index in [2.05, 4.69) is 4.99 Å². The van der Waals surface area contributed by atoms with Crippen LogP contribution in [0.25, 0.3) is 0 Å². The van der Waals surface area contributed by atoms with Crippen LogP contribution in [0.1, 0.15) is 27.8 Å². The molecule has 0 unspecified atom stereocenters. The van der Waals surface area contributed by atoms with Gasteiger partial charge in [-0.2, -0.15) is 5.26 Å². The smallest absolute Gasteiger partial charge is 0.271 e. The largest absolute Gasteiger partial charge is 0.494 e. The summed E-state index contributed by atoms with van der Waals surface area (Å²) in [5.74, 6) is 0.964. The molecule has 0 spiro atoms. The van der Waals surface area contributed by atoms with Crippen LogP contribution < -0.4 is 15.0 Å². The van der Waals surface area contributed by atoms with E-state index in [1.54, 1.807) is 27.2 Å². The van der Waals surface area contributed by atoms with Crippen molar-refractivity contribution in [2.24, 2.45) is 4.99 Å². The number of nitrogens with zero attached hydrogens (tertiary/aromatic N) is 3. The quantitative estimate of drug-likeness (QED) is 0.569. The zero-order valence-electron chi connectivity index (χ0n) is 18.5. The molecule has 164 valence electrons. The van der Waals surface area contributed by atoms with Crippen molar-refractivity contribution in [3.05, 3.63) is 80.6 Å². The second-order valence-electron chi connectivity index (χ2n) is 7.29. The molecule has 1 aromatic heterocycles. The molecule has 0 bridgehead atoms. The van der Waals surface area contributed by atoms with Crippen molar-refractivity contribution >= 4 is 11.9 Å². The minimum atomic E-state index is -0.531. The van der Waals surface area contributed by atoms with Crippen LogP contribution in [0.2, 0.25) is 0 Å². The van der Waals surface area contributed by atoms with Crippen LogP contribution in [0.3, 0.4) is 0 Å². The van der Waals surface area contributed by atoms with Gasteiger partial charge in [-0.05, 0) is 55.2 Å². The average Bonchev–Trinajstić information content (AvgIpc) is 2.80. The van der Waals surface area contributed by atoms with E-state index in [9.17, 15) is 15.2 Å². The second kappa shape index (κ2) is 9.84. The summed E-state index contributed by atoms with van der Waals surface area (Å²) in [5.41, 5.74) is 2.81. The lowest BCUT2D eigenvalue weighted by Gasteiger charge is -2.15. The molecule has 0 amide bonds. The van der Waals surface area contributed by atoms with Gasteiger partial charge in [0, 0.05) is 12.8 Å². The van der Waals surface area contributed by atoms with Gasteiger partial charge in [0.05, 0.1) is 25.5 Å². The van der Waals surface area contributed by atoms with Crippen molar-refractivity contribution in [3.63, 3.8) is 0 Å². The number of rotatable bonds is 7. The summed E-state index contributed by atoms with van der Waals surface area (Å²) in [6.07, 6.45) is 1.94. The molecule has 32 heavy (non-hydrogen) atoms. The minimum absolute atomic E-state index is 0.0126.